The molecule has 0 saturated heterocycles. The zero-order valence-corrected chi connectivity index (χ0v) is 33.2. The second-order valence-electron chi connectivity index (χ2n) is 13.7. The Morgan fingerprint density at radius 3 is 1.62 bits per heavy atom. The highest BCUT2D eigenvalue weighted by atomic mass is 16.5. The van der Waals surface area contributed by atoms with E-state index >= 15 is 0 Å². The highest BCUT2D eigenvalue weighted by Gasteiger charge is 2.19. The van der Waals surface area contributed by atoms with Crippen molar-refractivity contribution in [3.8, 4) is 0 Å². The molecular weight excluding hydrogens is 668 g/mol. The quantitative estimate of drug-likeness (QED) is 0.0284. The topological polar surface area (TPSA) is 142 Å². The van der Waals surface area contributed by atoms with Crippen molar-refractivity contribution in [3.05, 3.63) is 60.8 Å². The molecule has 0 spiro atoms. The van der Waals surface area contributed by atoms with Crippen molar-refractivity contribution in [1.29, 1.82) is 0 Å². The SMILES string of the molecule is CC/C=C\C/C=C\C/C=C\C/C=C\C/C=C\CCCCCCCCCC(=O)OC(CCCCCC)CCCCCC(=O)NCC(=O)NC(CO)C(=O)O. The van der Waals surface area contributed by atoms with Gasteiger partial charge in [0.05, 0.1) is 13.2 Å². The lowest BCUT2D eigenvalue weighted by Gasteiger charge is -2.18. The van der Waals surface area contributed by atoms with E-state index in [9.17, 15) is 19.2 Å². The molecular formula is C44H74N2O7. The zero-order valence-electron chi connectivity index (χ0n) is 33.2. The van der Waals surface area contributed by atoms with Gasteiger partial charge >= 0.3 is 11.9 Å². The largest absolute Gasteiger partial charge is 0.480 e. The Balaban J connectivity index is 3.99. The third-order valence-corrected chi connectivity index (χ3v) is 8.78. The van der Waals surface area contributed by atoms with Crippen LogP contribution in [0, 0.1) is 0 Å². The minimum atomic E-state index is -1.39. The average Bonchev–Trinajstić information content (AvgIpc) is 3.14. The third-order valence-electron chi connectivity index (χ3n) is 8.78. The lowest BCUT2D eigenvalue weighted by atomic mass is 10.0. The van der Waals surface area contributed by atoms with Gasteiger partial charge in [-0.1, -0.05) is 132 Å². The second-order valence-corrected chi connectivity index (χ2v) is 13.7. The smallest absolute Gasteiger partial charge is 0.328 e. The summed E-state index contributed by atoms with van der Waals surface area (Å²) in [6.07, 6.45) is 45.6. The van der Waals surface area contributed by atoms with Gasteiger partial charge in [0.15, 0.2) is 0 Å². The van der Waals surface area contributed by atoms with Gasteiger partial charge < -0.3 is 25.6 Å². The molecule has 4 N–H and O–H groups in total. The number of carbonyl (C=O) groups excluding carboxylic acids is 3. The molecule has 0 radical (unpaired) electrons. The maximum absolute atomic E-state index is 12.6. The van der Waals surface area contributed by atoms with Crippen LogP contribution in [-0.4, -0.2) is 59.3 Å². The van der Waals surface area contributed by atoms with Gasteiger partial charge in [0.1, 0.15) is 12.1 Å². The minimum Gasteiger partial charge on any atom is -0.480 e. The van der Waals surface area contributed by atoms with E-state index in [-0.39, 0.29) is 30.9 Å². The van der Waals surface area contributed by atoms with Gasteiger partial charge in [0, 0.05) is 12.8 Å². The second kappa shape index (κ2) is 38.3. The van der Waals surface area contributed by atoms with Crippen molar-refractivity contribution in [3.63, 3.8) is 0 Å². The molecule has 53 heavy (non-hydrogen) atoms. The van der Waals surface area contributed by atoms with Gasteiger partial charge in [-0.15, -0.1) is 0 Å². The number of rotatable bonds is 36. The van der Waals surface area contributed by atoms with Gasteiger partial charge in [-0.05, 0) is 83.5 Å². The minimum absolute atomic E-state index is 0.0893. The van der Waals surface area contributed by atoms with Crippen molar-refractivity contribution >= 4 is 23.8 Å². The van der Waals surface area contributed by atoms with Gasteiger partial charge in [0.2, 0.25) is 11.8 Å². The first-order valence-corrected chi connectivity index (χ1v) is 20.7. The van der Waals surface area contributed by atoms with Crippen molar-refractivity contribution in [1.82, 2.24) is 10.6 Å². The van der Waals surface area contributed by atoms with E-state index in [1.54, 1.807) is 0 Å². The Labute approximate surface area is 321 Å². The fraction of sp³-hybridized carbons (Fsp3) is 0.682. The van der Waals surface area contributed by atoms with Crippen LogP contribution in [0.25, 0.3) is 0 Å². The Bertz CT molecular complexity index is 1080. The molecule has 2 unspecified atom stereocenters. The predicted molar refractivity (Wildman–Crippen MR) is 217 cm³/mol. The molecule has 0 aliphatic heterocycles. The van der Waals surface area contributed by atoms with E-state index in [1.165, 1.54) is 32.1 Å². The van der Waals surface area contributed by atoms with Crippen LogP contribution >= 0.6 is 0 Å². The highest BCUT2D eigenvalue weighted by molar-refractivity contribution is 5.87. The number of carbonyl (C=O) groups is 4. The maximum Gasteiger partial charge on any atom is 0.328 e. The van der Waals surface area contributed by atoms with E-state index < -0.39 is 24.5 Å². The number of esters is 1. The fourth-order valence-electron chi connectivity index (χ4n) is 5.62. The summed E-state index contributed by atoms with van der Waals surface area (Å²) in [7, 11) is 0. The average molecular weight is 743 g/mol. The number of ether oxygens (including phenoxy) is 1. The Kier molecular flexibility index (Phi) is 35.8. The summed E-state index contributed by atoms with van der Waals surface area (Å²) in [5.74, 6) is -2.41. The normalized spacial score (nSPS) is 13.1. The van der Waals surface area contributed by atoms with Crippen LogP contribution in [0.5, 0.6) is 0 Å². The molecule has 9 nitrogen and oxygen atoms in total. The number of unbranched alkanes of at least 4 members (excludes halogenated alkanes) is 12. The number of nitrogens with one attached hydrogen (secondary N) is 2. The number of hydrogen-bond donors (Lipinski definition) is 4. The standard InChI is InChI=1S/C44H74N2O7/c1-3-5-7-9-10-11-12-13-14-15-16-17-18-19-20-21-22-23-24-25-26-27-32-36-43(50)53-39(33-29-8-6-4-2)34-30-28-31-35-41(48)45-37-42(49)46-40(38-47)44(51)52/h5,7,10-11,13-14,16-17,19-20,39-40,47H,3-4,6,8-9,12,15,18,21-38H2,1-2H3,(H,45,48)(H,46,49)(H,51,52)/b7-5-,11-10-,14-13-,17-16-,20-19-. The summed E-state index contributed by atoms with van der Waals surface area (Å²) >= 11 is 0. The molecule has 0 aromatic heterocycles. The van der Waals surface area contributed by atoms with Gasteiger partial charge in [-0.3, -0.25) is 14.4 Å². The number of amides is 2. The number of hydrogen-bond acceptors (Lipinski definition) is 6. The monoisotopic (exact) mass is 743 g/mol. The first kappa shape index (κ1) is 49.5. The van der Waals surface area contributed by atoms with Crippen LogP contribution in [0.2, 0.25) is 0 Å². The number of aliphatic hydroxyl groups is 1. The van der Waals surface area contributed by atoms with E-state index in [0.717, 1.165) is 103 Å². The molecule has 0 saturated carbocycles. The van der Waals surface area contributed by atoms with Gasteiger partial charge in [-0.25, -0.2) is 4.79 Å². The van der Waals surface area contributed by atoms with Crippen molar-refractivity contribution < 1.29 is 34.1 Å². The zero-order chi connectivity index (χ0) is 39.0. The van der Waals surface area contributed by atoms with Crippen LogP contribution < -0.4 is 10.6 Å². The molecule has 2 atom stereocenters. The lowest BCUT2D eigenvalue weighted by molar-refractivity contribution is -0.150. The van der Waals surface area contributed by atoms with E-state index in [4.69, 9.17) is 14.9 Å². The van der Waals surface area contributed by atoms with Crippen molar-refractivity contribution in [2.75, 3.05) is 13.2 Å². The van der Waals surface area contributed by atoms with E-state index in [1.807, 2.05) is 0 Å². The van der Waals surface area contributed by atoms with Crippen LogP contribution in [0.1, 0.15) is 168 Å². The Hall–Kier alpha value is -3.46. The molecule has 9 heteroatoms. The molecule has 2 amide bonds. The molecule has 0 fully saturated rings. The predicted octanol–water partition coefficient (Wildman–Crippen LogP) is 9.76. The van der Waals surface area contributed by atoms with Crippen molar-refractivity contribution in [2.24, 2.45) is 0 Å². The molecule has 0 bridgehead atoms. The number of aliphatic carboxylic acids is 1. The fourth-order valence-corrected chi connectivity index (χ4v) is 5.62. The number of carboxylic acids is 1. The summed E-state index contributed by atoms with van der Waals surface area (Å²) < 4.78 is 5.89. The van der Waals surface area contributed by atoms with Crippen LogP contribution in [0.3, 0.4) is 0 Å². The molecule has 0 aliphatic carbocycles. The van der Waals surface area contributed by atoms with Crippen LogP contribution in [-0.2, 0) is 23.9 Å². The van der Waals surface area contributed by atoms with Crippen LogP contribution in [0.4, 0.5) is 0 Å². The summed E-state index contributed by atoms with van der Waals surface area (Å²) in [4.78, 5) is 47.4. The Morgan fingerprint density at radius 2 is 1.08 bits per heavy atom. The summed E-state index contributed by atoms with van der Waals surface area (Å²) in [5.41, 5.74) is 0. The van der Waals surface area contributed by atoms with E-state index in [0.29, 0.717) is 12.8 Å². The summed E-state index contributed by atoms with van der Waals surface area (Å²) in [6.45, 7) is 3.26. The third kappa shape index (κ3) is 35.3. The molecule has 0 aromatic carbocycles. The van der Waals surface area contributed by atoms with Gasteiger partial charge in [-0.2, -0.15) is 0 Å². The summed E-state index contributed by atoms with van der Waals surface area (Å²) in [5, 5.41) is 22.5. The molecule has 0 heterocycles. The molecule has 0 aliphatic rings. The molecule has 302 valence electrons. The number of aliphatic hydroxyl groups excluding tert-OH is 1. The summed E-state index contributed by atoms with van der Waals surface area (Å²) in [6, 6.07) is -1.39. The van der Waals surface area contributed by atoms with Gasteiger partial charge in [0.25, 0.3) is 0 Å². The van der Waals surface area contributed by atoms with Crippen LogP contribution in [0.15, 0.2) is 60.8 Å². The number of allylic oxidation sites excluding steroid dienone is 10. The number of carboxylic acid groups (broad SMARTS) is 1. The van der Waals surface area contributed by atoms with Crippen molar-refractivity contribution in [2.45, 2.75) is 180 Å². The maximum atomic E-state index is 12.6. The lowest BCUT2D eigenvalue weighted by Crippen LogP contribution is -2.47. The molecule has 0 aromatic rings. The molecule has 0 rings (SSSR count). The Morgan fingerprint density at radius 1 is 0.585 bits per heavy atom. The highest BCUT2D eigenvalue weighted by Crippen LogP contribution is 2.17. The first-order chi connectivity index (χ1) is 25.8. The van der Waals surface area contributed by atoms with E-state index in [2.05, 4.69) is 85.2 Å². The first-order valence-electron chi connectivity index (χ1n) is 20.7.